The van der Waals surface area contributed by atoms with Crippen molar-refractivity contribution in [2.45, 2.75) is 6.54 Å². The van der Waals surface area contributed by atoms with Crippen LogP contribution in [0.5, 0.6) is 0 Å². The summed E-state index contributed by atoms with van der Waals surface area (Å²) < 4.78 is 1.69. The first-order valence-electron chi connectivity index (χ1n) is 5.25. The summed E-state index contributed by atoms with van der Waals surface area (Å²) in [6.07, 6.45) is 1.61. The predicted molar refractivity (Wildman–Crippen MR) is 64.3 cm³/mol. The van der Waals surface area contributed by atoms with Gasteiger partial charge >= 0.3 is 0 Å². The molecule has 0 aliphatic rings. The number of nitrogens with one attached hydrogen (secondary N) is 1. The minimum absolute atomic E-state index is 0.346. The Balaban J connectivity index is 2.36. The van der Waals surface area contributed by atoms with E-state index in [2.05, 4.69) is 0 Å². The summed E-state index contributed by atoms with van der Waals surface area (Å²) in [7, 11) is 0. The number of nitrogens with zero attached hydrogens (tertiary/aromatic N) is 1. The van der Waals surface area contributed by atoms with E-state index in [1.807, 2.05) is 30.3 Å². The first-order chi connectivity index (χ1) is 8.16. The zero-order chi connectivity index (χ0) is 12.3. The highest BCUT2D eigenvalue weighted by molar-refractivity contribution is 5.92. The lowest BCUT2D eigenvalue weighted by atomic mass is 10.2. The predicted octanol–water partition coefficient (Wildman–Crippen LogP) is 1.11. The van der Waals surface area contributed by atoms with Crippen molar-refractivity contribution < 1.29 is 4.79 Å². The second-order valence-electron chi connectivity index (χ2n) is 3.78. The Bertz CT molecular complexity index is 587. The van der Waals surface area contributed by atoms with Crippen molar-refractivity contribution in [2.75, 3.05) is 0 Å². The molecule has 0 atom stereocenters. The van der Waals surface area contributed by atoms with Gasteiger partial charge in [-0.2, -0.15) is 0 Å². The van der Waals surface area contributed by atoms with Gasteiger partial charge in [0, 0.05) is 12.7 Å². The highest BCUT2D eigenvalue weighted by Crippen LogP contribution is 2.02. The number of carbonyl (C=O) groups excluding carboxylic acids is 1. The van der Waals surface area contributed by atoms with Gasteiger partial charge in [0.2, 0.25) is 5.91 Å². The van der Waals surface area contributed by atoms with E-state index in [0.29, 0.717) is 17.6 Å². The molecule has 0 fully saturated rings. The summed E-state index contributed by atoms with van der Waals surface area (Å²) in [5.74, 6) is -0.480. The Kier molecular flexibility index (Phi) is 3.05. The molecule has 2 rings (SSSR count). The molecular weight excluding hydrogens is 214 g/mol. The van der Waals surface area contributed by atoms with Crippen molar-refractivity contribution in [1.29, 1.82) is 5.41 Å². The molecule has 17 heavy (non-hydrogen) atoms. The average molecular weight is 227 g/mol. The highest BCUT2D eigenvalue weighted by Gasteiger charge is 2.02. The summed E-state index contributed by atoms with van der Waals surface area (Å²) in [4.78, 5) is 11.1. The Hall–Kier alpha value is -2.36. The van der Waals surface area contributed by atoms with Gasteiger partial charge < -0.3 is 10.3 Å². The zero-order valence-corrected chi connectivity index (χ0v) is 9.26. The van der Waals surface area contributed by atoms with Gasteiger partial charge in [-0.1, -0.05) is 30.3 Å². The van der Waals surface area contributed by atoms with Crippen molar-refractivity contribution in [1.82, 2.24) is 4.57 Å². The normalized spacial score (nSPS) is 10.1. The fourth-order valence-electron chi connectivity index (χ4n) is 1.60. The smallest absolute Gasteiger partial charge is 0.250 e. The van der Waals surface area contributed by atoms with Gasteiger partial charge in [0.25, 0.3) is 0 Å². The number of rotatable bonds is 3. The molecule has 1 aromatic heterocycles. The van der Waals surface area contributed by atoms with Gasteiger partial charge in [-0.05, 0) is 17.7 Å². The first kappa shape index (κ1) is 11.1. The third kappa shape index (κ3) is 2.60. The molecule has 0 spiro atoms. The van der Waals surface area contributed by atoms with Crippen molar-refractivity contribution in [3.63, 3.8) is 0 Å². The van der Waals surface area contributed by atoms with Crippen molar-refractivity contribution in [2.24, 2.45) is 5.73 Å². The Morgan fingerprint density at radius 2 is 1.88 bits per heavy atom. The monoisotopic (exact) mass is 227 g/mol. The van der Waals surface area contributed by atoms with E-state index in [1.54, 1.807) is 22.9 Å². The van der Waals surface area contributed by atoms with E-state index in [9.17, 15) is 4.79 Å². The molecule has 0 bridgehead atoms. The van der Waals surface area contributed by atoms with Crippen LogP contribution < -0.4 is 11.2 Å². The van der Waals surface area contributed by atoms with Crippen LogP contribution in [-0.4, -0.2) is 10.5 Å². The molecule has 0 radical (unpaired) electrons. The van der Waals surface area contributed by atoms with Crippen LogP contribution in [0.1, 0.15) is 15.9 Å². The number of hydrogen-bond donors (Lipinski definition) is 2. The van der Waals surface area contributed by atoms with Crippen molar-refractivity contribution >= 4 is 5.91 Å². The molecule has 1 heterocycles. The SMILES string of the molecule is N=c1ccc(C(N)=O)cn1Cc1ccccc1. The number of hydrogen-bond acceptors (Lipinski definition) is 2. The van der Waals surface area contributed by atoms with E-state index in [0.717, 1.165) is 5.56 Å². The number of carbonyl (C=O) groups is 1. The lowest BCUT2D eigenvalue weighted by Gasteiger charge is -2.08. The quantitative estimate of drug-likeness (QED) is 0.810. The Morgan fingerprint density at radius 1 is 1.18 bits per heavy atom. The van der Waals surface area contributed by atoms with E-state index in [4.69, 9.17) is 11.1 Å². The first-order valence-corrected chi connectivity index (χ1v) is 5.25. The van der Waals surface area contributed by atoms with Gasteiger partial charge in [-0.3, -0.25) is 10.2 Å². The summed E-state index contributed by atoms with van der Waals surface area (Å²) >= 11 is 0. The van der Waals surface area contributed by atoms with Crippen LogP contribution in [0.2, 0.25) is 0 Å². The van der Waals surface area contributed by atoms with Gasteiger partial charge in [0.05, 0.1) is 5.56 Å². The number of amides is 1. The molecule has 0 saturated heterocycles. The van der Waals surface area contributed by atoms with Gasteiger partial charge in [0.15, 0.2) is 0 Å². The molecule has 0 aliphatic heterocycles. The van der Waals surface area contributed by atoms with Crippen LogP contribution in [-0.2, 0) is 6.54 Å². The molecule has 86 valence electrons. The van der Waals surface area contributed by atoms with Gasteiger partial charge in [-0.25, -0.2) is 0 Å². The third-order valence-corrected chi connectivity index (χ3v) is 2.51. The van der Waals surface area contributed by atoms with Crippen LogP contribution in [0.3, 0.4) is 0 Å². The minimum atomic E-state index is -0.480. The van der Waals surface area contributed by atoms with Crippen LogP contribution in [0.25, 0.3) is 0 Å². The van der Waals surface area contributed by atoms with Crippen LogP contribution >= 0.6 is 0 Å². The molecule has 4 heteroatoms. The average Bonchev–Trinajstić information content (AvgIpc) is 2.33. The summed E-state index contributed by atoms with van der Waals surface area (Å²) in [5.41, 5.74) is 7.05. The van der Waals surface area contributed by atoms with E-state index >= 15 is 0 Å². The third-order valence-electron chi connectivity index (χ3n) is 2.51. The van der Waals surface area contributed by atoms with Gasteiger partial charge in [-0.15, -0.1) is 0 Å². The molecule has 0 unspecified atom stereocenters. The number of primary amides is 1. The molecule has 4 nitrogen and oxygen atoms in total. The summed E-state index contributed by atoms with van der Waals surface area (Å²) in [6, 6.07) is 12.9. The van der Waals surface area contributed by atoms with E-state index < -0.39 is 5.91 Å². The topological polar surface area (TPSA) is 71.9 Å². The summed E-state index contributed by atoms with van der Waals surface area (Å²) in [5, 5.41) is 7.77. The van der Waals surface area contributed by atoms with E-state index in [-0.39, 0.29) is 0 Å². The molecule has 1 aromatic carbocycles. The molecule has 3 N–H and O–H groups in total. The van der Waals surface area contributed by atoms with Crippen molar-refractivity contribution in [3.05, 3.63) is 65.3 Å². The lowest BCUT2D eigenvalue weighted by molar-refractivity contribution is 0.0999. The Morgan fingerprint density at radius 3 is 2.53 bits per heavy atom. The molecule has 1 amide bonds. The number of pyridine rings is 1. The van der Waals surface area contributed by atoms with Crippen LogP contribution in [0.15, 0.2) is 48.7 Å². The number of aromatic nitrogens is 1. The maximum Gasteiger partial charge on any atom is 0.250 e. The second-order valence-corrected chi connectivity index (χ2v) is 3.78. The number of nitrogens with two attached hydrogens (primary N) is 1. The highest BCUT2D eigenvalue weighted by atomic mass is 16.1. The molecule has 0 aliphatic carbocycles. The number of benzene rings is 1. The van der Waals surface area contributed by atoms with Crippen LogP contribution in [0, 0.1) is 5.41 Å². The lowest BCUT2D eigenvalue weighted by Crippen LogP contribution is -2.22. The maximum absolute atomic E-state index is 11.1. The standard InChI is InChI=1S/C13H13N3O/c14-12-7-6-11(13(15)17)9-16(12)8-10-4-2-1-3-5-10/h1-7,9,14H,8H2,(H2,15,17). The Labute approximate surface area is 98.8 Å². The summed E-state index contributed by atoms with van der Waals surface area (Å²) in [6.45, 7) is 0.556. The fraction of sp³-hybridized carbons (Fsp3) is 0.0769. The molecule has 2 aromatic rings. The molecule has 0 saturated carbocycles. The molecular formula is C13H13N3O. The minimum Gasteiger partial charge on any atom is -0.366 e. The van der Waals surface area contributed by atoms with E-state index in [1.165, 1.54) is 0 Å². The largest absolute Gasteiger partial charge is 0.366 e. The van der Waals surface area contributed by atoms with Crippen LogP contribution in [0.4, 0.5) is 0 Å². The maximum atomic E-state index is 11.1. The van der Waals surface area contributed by atoms with Crippen molar-refractivity contribution in [3.8, 4) is 0 Å². The zero-order valence-electron chi connectivity index (χ0n) is 9.26. The second kappa shape index (κ2) is 4.65. The van der Waals surface area contributed by atoms with Gasteiger partial charge in [0.1, 0.15) is 5.49 Å². The fourth-order valence-corrected chi connectivity index (χ4v) is 1.60.